The van der Waals surface area contributed by atoms with E-state index in [1.165, 1.54) is 12.5 Å². The van der Waals surface area contributed by atoms with E-state index in [0.29, 0.717) is 23.6 Å². The monoisotopic (exact) mass is 278 g/mol. The van der Waals surface area contributed by atoms with E-state index < -0.39 is 0 Å². The zero-order valence-corrected chi connectivity index (χ0v) is 10.9. The van der Waals surface area contributed by atoms with Gasteiger partial charge in [0.05, 0.1) is 23.7 Å². The Morgan fingerprint density at radius 3 is 2.67 bits per heavy atom. The van der Waals surface area contributed by atoms with Gasteiger partial charge in [-0.05, 0) is 23.8 Å². The molecule has 0 amide bonds. The van der Waals surface area contributed by atoms with Crippen LogP contribution in [0.4, 0.5) is 0 Å². The van der Waals surface area contributed by atoms with Gasteiger partial charge in [0.25, 0.3) is 5.56 Å². The summed E-state index contributed by atoms with van der Waals surface area (Å²) >= 11 is 0. The van der Waals surface area contributed by atoms with Crippen LogP contribution in [0.15, 0.2) is 58.2 Å². The molecule has 0 unspecified atom stereocenters. The summed E-state index contributed by atoms with van der Waals surface area (Å²) in [6.45, 7) is 0.409. The first-order valence-electron chi connectivity index (χ1n) is 6.22. The highest BCUT2D eigenvalue weighted by molar-refractivity contribution is 5.50. The van der Waals surface area contributed by atoms with Crippen LogP contribution in [0.1, 0.15) is 11.1 Å². The Hall–Kier alpha value is -3.20. The molecule has 3 rings (SSSR count). The Balaban J connectivity index is 1.92. The maximum atomic E-state index is 11.9. The van der Waals surface area contributed by atoms with Gasteiger partial charge in [-0.3, -0.25) is 4.79 Å². The third-order valence-corrected chi connectivity index (χ3v) is 3.03. The van der Waals surface area contributed by atoms with Gasteiger partial charge in [0.2, 0.25) is 12.3 Å². The minimum atomic E-state index is -0.123. The van der Waals surface area contributed by atoms with E-state index in [2.05, 4.69) is 16.3 Å². The molecule has 0 saturated carbocycles. The van der Waals surface area contributed by atoms with Crippen molar-refractivity contribution in [3.05, 3.63) is 70.5 Å². The molecule has 2 heterocycles. The molecule has 0 atom stereocenters. The summed E-state index contributed by atoms with van der Waals surface area (Å²) in [6, 6.07) is 12.3. The number of rotatable bonds is 3. The number of nitrogens with zero attached hydrogens (tertiary/aromatic N) is 4. The van der Waals surface area contributed by atoms with Crippen LogP contribution in [0.2, 0.25) is 0 Å². The third kappa shape index (κ3) is 2.72. The van der Waals surface area contributed by atoms with Crippen molar-refractivity contribution in [1.82, 2.24) is 14.8 Å². The lowest BCUT2D eigenvalue weighted by Crippen LogP contribution is -2.19. The van der Waals surface area contributed by atoms with Gasteiger partial charge < -0.3 is 8.98 Å². The first-order chi connectivity index (χ1) is 10.3. The molecule has 2 aromatic heterocycles. The van der Waals surface area contributed by atoms with Crippen molar-refractivity contribution >= 4 is 0 Å². The van der Waals surface area contributed by atoms with Crippen molar-refractivity contribution in [2.75, 3.05) is 0 Å². The highest BCUT2D eigenvalue weighted by Crippen LogP contribution is 2.14. The second-order valence-electron chi connectivity index (χ2n) is 4.44. The normalized spacial score (nSPS) is 10.2. The average Bonchev–Trinajstić information content (AvgIpc) is 3.04. The zero-order valence-electron chi connectivity index (χ0n) is 10.9. The average molecular weight is 278 g/mol. The maximum Gasteiger partial charge on any atom is 0.250 e. The fraction of sp³-hybridized carbons (Fsp3) is 0.0667. The van der Waals surface area contributed by atoms with Gasteiger partial charge >= 0.3 is 0 Å². The van der Waals surface area contributed by atoms with Gasteiger partial charge in [-0.2, -0.15) is 5.26 Å². The molecule has 3 aromatic rings. The summed E-state index contributed by atoms with van der Waals surface area (Å²) in [7, 11) is 0. The molecular formula is C15H10N4O2. The molecule has 1 aromatic carbocycles. The number of benzene rings is 1. The molecule has 0 aliphatic heterocycles. The topological polar surface area (TPSA) is 84.7 Å². The van der Waals surface area contributed by atoms with Gasteiger partial charge in [0.15, 0.2) is 0 Å². The summed E-state index contributed by atoms with van der Waals surface area (Å²) in [6.07, 6.45) is 2.92. The van der Waals surface area contributed by atoms with E-state index in [1.807, 2.05) is 12.1 Å². The predicted molar refractivity (Wildman–Crippen MR) is 74.3 cm³/mol. The SMILES string of the molecule is N#Cc1ccc(Cn2cc(-c3nnco3)ccc2=O)cc1. The largest absolute Gasteiger partial charge is 0.423 e. The molecule has 0 bridgehead atoms. The Morgan fingerprint density at radius 2 is 2.00 bits per heavy atom. The van der Waals surface area contributed by atoms with Gasteiger partial charge in [0, 0.05) is 12.3 Å². The predicted octanol–water partition coefficient (Wildman–Crippen LogP) is 1.82. The van der Waals surface area contributed by atoms with Gasteiger partial charge in [-0.1, -0.05) is 12.1 Å². The summed E-state index contributed by atoms with van der Waals surface area (Å²) in [5.74, 6) is 0.364. The summed E-state index contributed by atoms with van der Waals surface area (Å²) in [5, 5.41) is 16.2. The van der Waals surface area contributed by atoms with Crippen LogP contribution in [-0.4, -0.2) is 14.8 Å². The molecule has 0 radical (unpaired) electrons. The van der Waals surface area contributed by atoms with Crippen molar-refractivity contribution in [3.63, 3.8) is 0 Å². The molecular weight excluding hydrogens is 268 g/mol. The van der Waals surface area contributed by atoms with Crippen molar-refractivity contribution in [3.8, 4) is 17.5 Å². The second kappa shape index (κ2) is 5.43. The quantitative estimate of drug-likeness (QED) is 0.729. The first kappa shape index (κ1) is 12.8. The van der Waals surface area contributed by atoms with E-state index in [-0.39, 0.29) is 5.56 Å². The summed E-state index contributed by atoms with van der Waals surface area (Å²) in [5.41, 5.74) is 2.08. The number of hydrogen-bond acceptors (Lipinski definition) is 5. The maximum absolute atomic E-state index is 11.9. The summed E-state index contributed by atoms with van der Waals surface area (Å²) < 4.78 is 6.68. The Labute approximate surface area is 119 Å². The number of nitriles is 1. The van der Waals surface area contributed by atoms with Crippen LogP contribution in [0.5, 0.6) is 0 Å². The van der Waals surface area contributed by atoms with Crippen molar-refractivity contribution < 1.29 is 4.42 Å². The van der Waals surface area contributed by atoms with Crippen molar-refractivity contribution in [2.45, 2.75) is 6.54 Å². The Bertz CT molecular complexity index is 843. The number of aromatic nitrogens is 3. The van der Waals surface area contributed by atoms with Crippen LogP contribution in [0.25, 0.3) is 11.5 Å². The lowest BCUT2D eigenvalue weighted by molar-refractivity contribution is 0.567. The molecule has 102 valence electrons. The second-order valence-corrected chi connectivity index (χ2v) is 4.44. The van der Waals surface area contributed by atoms with Crippen molar-refractivity contribution in [2.24, 2.45) is 0 Å². The van der Waals surface area contributed by atoms with Crippen LogP contribution < -0.4 is 5.56 Å². The van der Waals surface area contributed by atoms with E-state index in [9.17, 15) is 4.79 Å². The highest BCUT2D eigenvalue weighted by atomic mass is 16.4. The molecule has 6 nitrogen and oxygen atoms in total. The Kier molecular flexibility index (Phi) is 3.31. The Morgan fingerprint density at radius 1 is 1.19 bits per heavy atom. The fourth-order valence-corrected chi connectivity index (χ4v) is 1.96. The smallest absolute Gasteiger partial charge is 0.250 e. The van der Waals surface area contributed by atoms with E-state index >= 15 is 0 Å². The lowest BCUT2D eigenvalue weighted by atomic mass is 10.1. The minimum Gasteiger partial charge on any atom is -0.423 e. The van der Waals surface area contributed by atoms with Crippen LogP contribution >= 0.6 is 0 Å². The third-order valence-electron chi connectivity index (χ3n) is 3.03. The van der Waals surface area contributed by atoms with Crippen LogP contribution in [0.3, 0.4) is 0 Å². The molecule has 0 fully saturated rings. The zero-order chi connectivity index (χ0) is 14.7. The van der Waals surface area contributed by atoms with E-state index in [1.54, 1.807) is 29.0 Å². The van der Waals surface area contributed by atoms with Crippen molar-refractivity contribution in [1.29, 1.82) is 5.26 Å². The number of hydrogen-bond donors (Lipinski definition) is 0. The molecule has 6 heteroatoms. The standard InChI is InChI=1S/C15H10N4O2/c16-7-11-1-3-12(4-2-11)8-19-9-13(5-6-14(19)20)15-18-17-10-21-15/h1-6,9-10H,8H2. The molecule has 0 N–H and O–H groups in total. The van der Waals surface area contributed by atoms with Crippen LogP contribution in [-0.2, 0) is 6.54 Å². The molecule has 21 heavy (non-hydrogen) atoms. The fourth-order valence-electron chi connectivity index (χ4n) is 1.96. The van der Waals surface area contributed by atoms with Gasteiger partial charge in [0.1, 0.15) is 0 Å². The summed E-state index contributed by atoms with van der Waals surface area (Å²) in [4.78, 5) is 11.9. The minimum absolute atomic E-state index is 0.123. The molecule has 0 saturated heterocycles. The lowest BCUT2D eigenvalue weighted by Gasteiger charge is -2.07. The molecule has 0 aliphatic carbocycles. The van der Waals surface area contributed by atoms with Crippen LogP contribution in [0, 0.1) is 11.3 Å². The van der Waals surface area contributed by atoms with Gasteiger partial charge in [-0.25, -0.2) is 0 Å². The molecule has 0 aliphatic rings. The first-order valence-corrected chi connectivity index (χ1v) is 6.22. The van der Waals surface area contributed by atoms with E-state index in [0.717, 1.165) is 5.56 Å². The van der Waals surface area contributed by atoms with Gasteiger partial charge in [-0.15, -0.1) is 10.2 Å². The number of pyridine rings is 1. The highest BCUT2D eigenvalue weighted by Gasteiger charge is 2.06. The van der Waals surface area contributed by atoms with E-state index in [4.69, 9.17) is 9.68 Å². The molecule has 0 spiro atoms.